The molecular formula is C14H22N2O3S. The van der Waals surface area contributed by atoms with Gasteiger partial charge in [-0.05, 0) is 24.5 Å². The van der Waals surface area contributed by atoms with Crippen molar-refractivity contribution >= 4 is 21.4 Å². The maximum atomic E-state index is 12.0. The average molecular weight is 298 g/mol. The van der Waals surface area contributed by atoms with Crippen LogP contribution in [-0.2, 0) is 21.2 Å². The summed E-state index contributed by atoms with van der Waals surface area (Å²) < 4.78 is 24.1. The van der Waals surface area contributed by atoms with E-state index in [0.29, 0.717) is 5.69 Å². The number of hydrogen-bond acceptors (Lipinski definition) is 4. The highest BCUT2D eigenvalue weighted by atomic mass is 32.2. The Balaban J connectivity index is 2.78. The predicted octanol–water partition coefficient (Wildman–Crippen LogP) is 1.54. The van der Waals surface area contributed by atoms with Gasteiger partial charge in [0, 0.05) is 12.2 Å². The van der Waals surface area contributed by atoms with E-state index in [1.54, 1.807) is 25.1 Å². The first kappa shape index (κ1) is 16.7. The van der Waals surface area contributed by atoms with Crippen LogP contribution in [0.5, 0.6) is 0 Å². The van der Waals surface area contributed by atoms with Crippen molar-refractivity contribution in [2.75, 3.05) is 11.1 Å². The number of para-hydroxylation sites is 1. The summed E-state index contributed by atoms with van der Waals surface area (Å²) in [5, 5.41) is 2.07. The van der Waals surface area contributed by atoms with Crippen molar-refractivity contribution in [1.29, 1.82) is 0 Å². The largest absolute Gasteiger partial charge is 0.326 e. The lowest BCUT2D eigenvalue weighted by atomic mass is 10.2. The van der Waals surface area contributed by atoms with Crippen LogP contribution in [0.15, 0.2) is 24.3 Å². The summed E-state index contributed by atoms with van der Waals surface area (Å²) >= 11 is 0. The molecule has 0 aliphatic heterocycles. The third kappa shape index (κ3) is 4.31. The van der Waals surface area contributed by atoms with Crippen LogP contribution in [0.2, 0.25) is 0 Å². The minimum atomic E-state index is -3.44. The van der Waals surface area contributed by atoms with Crippen LogP contribution in [0.1, 0.15) is 26.3 Å². The molecule has 0 radical (unpaired) electrons. The van der Waals surface area contributed by atoms with E-state index in [-0.39, 0.29) is 12.5 Å². The van der Waals surface area contributed by atoms with E-state index in [9.17, 15) is 13.2 Å². The molecular weight excluding hydrogens is 276 g/mol. The number of rotatable bonds is 6. The SMILES string of the molecule is CC(C)C(C)S(=O)(=O)CC(=O)Nc1ccccc1CN. The molecule has 1 rings (SSSR count). The molecule has 0 saturated carbocycles. The van der Waals surface area contributed by atoms with Gasteiger partial charge in [0.05, 0.1) is 5.25 Å². The smallest absolute Gasteiger partial charge is 0.239 e. The van der Waals surface area contributed by atoms with Gasteiger partial charge in [-0.2, -0.15) is 0 Å². The lowest BCUT2D eigenvalue weighted by molar-refractivity contribution is -0.113. The molecule has 0 fully saturated rings. The molecule has 3 N–H and O–H groups in total. The number of anilines is 1. The summed E-state index contributed by atoms with van der Waals surface area (Å²) in [6, 6.07) is 7.08. The molecule has 20 heavy (non-hydrogen) atoms. The van der Waals surface area contributed by atoms with Crippen molar-refractivity contribution < 1.29 is 13.2 Å². The summed E-state index contributed by atoms with van der Waals surface area (Å²) in [7, 11) is -3.44. The Morgan fingerprint density at radius 2 is 1.85 bits per heavy atom. The number of nitrogens with one attached hydrogen (secondary N) is 1. The Morgan fingerprint density at radius 3 is 2.40 bits per heavy atom. The Labute approximate surface area is 120 Å². The molecule has 1 amide bonds. The van der Waals surface area contributed by atoms with Crippen LogP contribution in [-0.4, -0.2) is 25.3 Å². The number of nitrogens with two attached hydrogens (primary N) is 1. The monoisotopic (exact) mass is 298 g/mol. The van der Waals surface area contributed by atoms with Crippen LogP contribution in [0, 0.1) is 5.92 Å². The zero-order valence-electron chi connectivity index (χ0n) is 12.1. The van der Waals surface area contributed by atoms with Gasteiger partial charge in [0.2, 0.25) is 5.91 Å². The minimum absolute atomic E-state index is 0.0240. The maximum absolute atomic E-state index is 12.0. The van der Waals surface area contributed by atoms with Crippen LogP contribution in [0.4, 0.5) is 5.69 Å². The highest BCUT2D eigenvalue weighted by Crippen LogP contribution is 2.16. The van der Waals surface area contributed by atoms with Crippen LogP contribution in [0.3, 0.4) is 0 Å². The van der Waals surface area contributed by atoms with E-state index < -0.39 is 26.7 Å². The van der Waals surface area contributed by atoms with Crippen LogP contribution in [0.25, 0.3) is 0 Å². The van der Waals surface area contributed by atoms with Crippen molar-refractivity contribution in [3.63, 3.8) is 0 Å². The zero-order valence-corrected chi connectivity index (χ0v) is 12.9. The third-order valence-electron chi connectivity index (χ3n) is 3.35. The van der Waals surface area contributed by atoms with Gasteiger partial charge >= 0.3 is 0 Å². The molecule has 0 bridgehead atoms. The Kier molecular flexibility index (Phi) is 5.71. The summed E-state index contributed by atoms with van der Waals surface area (Å²) in [6.45, 7) is 5.56. The first-order valence-corrected chi connectivity index (χ1v) is 8.29. The molecule has 1 aromatic carbocycles. The second kappa shape index (κ2) is 6.85. The van der Waals surface area contributed by atoms with Crippen LogP contribution < -0.4 is 11.1 Å². The molecule has 0 aromatic heterocycles. The van der Waals surface area contributed by atoms with Gasteiger partial charge in [-0.15, -0.1) is 0 Å². The van der Waals surface area contributed by atoms with Gasteiger partial charge in [-0.25, -0.2) is 8.42 Å². The van der Waals surface area contributed by atoms with E-state index in [1.165, 1.54) is 0 Å². The normalized spacial score (nSPS) is 13.2. The molecule has 0 aliphatic carbocycles. The topological polar surface area (TPSA) is 89.3 Å². The lowest BCUT2D eigenvalue weighted by Gasteiger charge is -2.16. The second-order valence-electron chi connectivity index (χ2n) is 5.17. The third-order valence-corrected chi connectivity index (χ3v) is 5.69. The number of benzene rings is 1. The van der Waals surface area contributed by atoms with Gasteiger partial charge in [-0.3, -0.25) is 4.79 Å². The first-order valence-electron chi connectivity index (χ1n) is 6.57. The molecule has 0 saturated heterocycles. The number of carbonyl (C=O) groups excluding carboxylic acids is 1. The highest BCUT2D eigenvalue weighted by molar-refractivity contribution is 7.92. The van der Waals surface area contributed by atoms with Gasteiger partial charge < -0.3 is 11.1 Å². The van der Waals surface area contributed by atoms with Crippen molar-refractivity contribution in [3.05, 3.63) is 29.8 Å². The first-order chi connectivity index (χ1) is 9.27. The fraction of sp³-hybridized carbons (Fsp3) is 0.500. The van der Waals surface area contributed by atoms with E-state index in [4.69, 9.17) is 5.73 Å². The summed E-state index contributed by atoms with van der Waals surface area (Å²) in [5.41, 5.74) is 6.91. The quantitative estimate of drug-likeness (QED) is 0.833. The summed E-state index contributed by atoms with van der Waals surface area (Å²) in [4.78, 5) is 11.9. The number of hydrogen-bond donors (Lipinski definition) is 2. The van der Waals surface area contributed by atoms with Crippen molar-refractivity contribution in [1.82, 2.24) is 0 Å². The summed E-state index contributed by atoms with van der Waals surface area (Å²) in [6.07, 6.45) is 0. The van der Waals surface area contributed by atoms with Gasteiger partial charge in [0.25, 0.3) is 0 Å². The Morgan fingerprint density at radius 1 is 1.25 bits per heavy atom. The Hall–Kier alpha value is -1.40. The summed E-state index contributed by atoms with van der Waals surface area (Å²) in [5.74, 6) is -1.06. The van der Waals surface area contributed by atoms with E-state index in [0.717, 1.165) is 5.56 Å². The van der Waals surface area contributed by atoms with E-state index in [1.807, 2.05) is 19.9 Å². The zero-order chi connectivity index (χ0) is 15.3. The molecule has 112 valence electrons. The maximum Gasteiger partial charge on any atom is 0.239 e. The van der Waals surface area contributed by atoms with Crippen LogP contribution >= 0.6 is 0 Å². The fourth-order valence-corrected chi connectivity index (χ4v) is 3.27. The Bertz CT molecular complexity index is 568. The van der Waals surface area contributed by atoms with E-state index in [2.05, 4.69) is 5.32 Å². The van der Waals surface area contributed by atoms with Crippen molar-refractivity contribution in [3.8, 4) is 0 Å². The fourth-order valence-electron chi connectivity index (χ4n) is 1.74. The molecule has 6 heteroatoms. The van der Waals surface area contributed by atoms with Gasteiger partial charge in [0.1, 0.15) is 5.75 Å². The molecule has 1 atom stereocenters. The molecule has 0 spiro atoms. The molecule has 5 nitrogen and oxygen atoms in total. The number of amides is 1. The highest BCUT2D eigenvalue weighted by Gasteiger charge is 2.26. The minimum Gasteiger partial charge on any atom is -0.326 e. The number of carbonyl (C=O) groups is 1. The number of sulfone groups is 1. The lowest BCUT2D eigenvalue weighted by Crippen LogP contribution is -2.32. The molecule has 1 aromatic rings. The van der Waals surface area contributed by atoms with Crippen molar-refractivity contribution in [2.24, 2.45) is 11.7 Å². The van der Waals surface area contributed by atoms with E-state index >= 15 is 0 Å². The van der Waals surface area contributed by atoms with Gasteiger partial charge in [-0.1, -0.05) is 32.0 Å². The van der Waals surface area contributed by atoms with Gasteiger partial charge in [0.15, 0.2) is 9.84 Å². The molecule has 0 heterocycles. The molecule has 0 aliphatic rings. The van der Waals surface area contributed by atoms with Crippen molar-refractivity contribution in [2.45, 2.75) is 32.6 Å². The molecule has 1 unspecified atom stereocenters. The average Bonchev–Trinajstić information content (AvgIpc) is 2.37. The second-order valence-corrected chi connectivity index (χ2v) is 7.52. The predicted molar refractivity (Wildman–Crippen MR) is 81.0 cm³/mol. The standard InChI is InChI=1S/C14H22N2O3S/c1-10(2)11(3)20(18,19)9-14(17)16-13-7-5-4-6-12(13)8-15/h4-7,10-11H,8-9,15H2,1-3H3,(H,16,17).